The molecule has 0 heterocycles. The first kappa shape index (κ1) is 16.9. The highest BCUT2D eigenvalue weighted by molar-refractivity contribution is 5.28. The zero-order valence-corrected chi connectivity index (χ0v) is 11.8. The van der Waals surface area contributed by atoms with E-state index in [0.717, 1.165) is 12.5 Å². The Bertz CT molecular complexity index is 410. The highest BCUT2D eigenvalue weighted by Crippen LogP contribution is 2.31. The fraction of sp³-hybridized carbons (Fsp3) is 0.571. The van der Waals surface area contributed by atoms with Crippen molar-refractivity contribution >= 4 is 0 Å². The zero-order chi connectivity index (χ0) is 15.2. The maximum absolute atomic E-state index is 12.7. The van der Waals surface area contributed by atoms with Gasteiger partial charge in [-0.3, -0.25) is 4.90 Å². The van der Waals surface area contributed by atoms with Crippen LogP contribution in [0.2, 0.25) is 0 Å². The second kappa shape index (κ2) is 7.61. The van der Waals surface area contributed by atoms with E-state index in [4.69, 9.17) is 10.5 Å². The normalized spacial score (nSPS) is 13.8. The van der Waals surface area contributed by atoms with Crippen molar-refractivity contribution in [2.45, 2.75) is 18.6 Å². The number of alkyl halides is 3. The van der Waals surface area contributed by atoms with E-state index in [2.05, 4.69) is 0 Å². The van der Waals surface area contributed by atoms with Crippen molar-refractivity contribution in [3.63, 3.8) is 0 Å². The standard InChI is InChI=1S/C14H21F3N2O/c1-19(7-4-8-20-2)13(10-18)11-5-3-6-12(9-11)14(15,16)17/h3,5-6,9,13H,4,7-8,10,18H2,1-2H3. The molecule has 114 valence electrons. The smallest absolute Gasteiger partial charge is 0.385 e. The third-order valence-electron chi connectivity index (χ3n) is 3.21. The summed E-state index contributed by atoms with van der Waals surface area (Å²) in [7, 11) is 3.47. The maximum Gasteiger partial charge on any atom is 0.416 e. The summed E-state index contributed by atoms with van der Waals surface area (Å²) in [4.78, 5) is 1.95. The minimum absolute atomic E-state index is 0.228. The first-order valence-corrected chi connectivity index (χ1v) is 6.46. The van der Waals surface area contributed by atoms with Crippen molar-refractivity contribution in [2.24, 2.45) is 5.73 Å². The topological polar surface area (TPSA) is 38.5 Å². The molecule has 1 unspecified atom stereocenters. The van der Waals surface area contributed by atoms with Crippen LogP contribution in [0.3, 0.4) is 0 Å². The fourth-order valence-corrected chi connectivity index (χ4v) is 2.11. The highest BCUT2D eigenvalue weighted by Gasteiger charge is 2.31. The molecular formula is C14H21F3N2O. The van der Waals surface area contributed by atoms with Crippen molar-refractivity contribution in [1.82, 2.24) is 4.90 Å². The monoisotopic (exact) mass is 290 g/mol. The van der Waals surface area contributed by atoms with Crippen LogP contribution < -0.4 is 5.73 Å². The lowest BCUT2D eigenvalue weighted by molar-refractivity contribution is -0.137. The highest BCUT2D eigenvalue weighted by atomic mass is 19.4. The van der Waals surface area contributed by atoms with Crippen LogP contribution in [0.15, 0.2) is 24.3 Å². The first-order chi connectivity index (χ1) is 9.40. The van der Waals surface area contributed by atoms with E-state index in [0.29, 0.717) is 18.7 Å². The second-order valence-corrected chi connectivity index (χ2v) is 4.70. The zero-order valence-electron chi connectivity index (χ0n) is 11.8. The quantitative estimate of drug-likeness (QED) is 0.785. The molecule has 0 bridgehead atoms. The van der Waals surface area contributed by atoms with Crippen molar-refractivity contribution in [1.29, 1.82) is 0 Å². The van der Waals surface area contributed by atoms with Gasteiger partial charge in [0.05, 0.1) is 5.56 Å². The number of rotatable bonds is 7. The van der Waals surface area contributed by atoms with E-state index >= 15 is 0 Å². The van der Waals surface area contributed by atoms with Gasteiger partial charge in [-0.25, -0.2) is 0 Å². The number of methoxy groups -OCH3 is 1. The summed E-state index contributed by atoms with van der Waals surface area (Å²) < 4.78 is 43.1. The Hall–Kier alpha value is -1.11. The number of nitrogens with zero attached hydrogens (tertiary/aromatic N) is 1. The van der Waals surface area contributed by atoms with Crippen LogP contribution in [-0.4, -0.2) is 38.8 Å². The Labute approximate surface area is 117 Å². The minimum atomic E-state index is -4.33. The molecule has 20 heavy (non-hydrogen) atoms. The third-order valence-corrected chi connectivity index (χ3v) is 3.21. The van der Waals surface area contributed by atoms with Gasteiger partial charge in [-0.15, -0.1) is 0 Å². The second-order valence-electron chi connectivity index (χ2n) is 4.70. The van der Waals surface area contributed by atoms with Crippen LogP contribution in [0, 0.1) is 0 Å². The molecule has 0 amide bonds. The third kappa shape index (κ3) is 4.77. The molecule has 1 aromatic rings. The van der Waals surface area contributed by atoms with Gasteiger partial charge in [0, 0.05) is 32.8 Å². The number of likely N-dealkylation sites (N-methyl/N-ethyl adjacent to an activating group) is 1. The van der Waals surface area contributed by atoms with Gasteiger partial charge in [0.1, 0.15) is 0 Å². The molecule has 0 fully saturated rings. The average molecular weight is 290 g/mol. The minimum Gasteiger partial charge on any atom is -0.385 e. The SMILES string of the molecule is COCCCN(C)C(CN)c1cccc(C(F)(F)F)c1. The van der Waals surface area contributed by atoms with E-state index in [1.165, 1.54) is 12.1 Å². The summed E-state index contributed by atoms with van der Waals surface area (Å²) >= 11 is 0. The molecule has 1 atom stereocenters. The molecule has 0 aliphatic carbocycles. The Morgan fingerprint density at radius 3 is 2.60 bits per heavy atom. The van der Waals surface area contributed by atoms with Gasteiger partial charge in [0.15, 0.2) is 0 Å². The van der Waals surface area contributed by atoms with E-state index in [1.54, 1.807) is 13.2 Å². The van der Waals surface area contributed by atoms with Crippen molar-refractivity contribution in [2.75, 3.05) is 33.9 Å². The molecule has 2 N–H and O–H groups in total. The number of benzene rings is 1. The Morgan fingerprint density at radius 1 is 1.35 bits per heavy atom. The van der Waals surface area contributed by atoms with Crippen LogP contribution in [-0.2, 0) is 10.9 Å². The molecule has 1 aromatic carbocycles. The van der Waals surface area contributed by atoms with Gasteiger partial charge in [-0.2, -0.15) is 13.2 Å². The van der Waals surface area contributed by atoms with E-state index in [-0.39, 0.29) is 12.6 Å². The summed E-state index contributed by atoms with van der Waals surface area (Å²) in [6, 6.07) is 5.12. The summed E-state index contributed by atoms with van der Waals surface area (Å²) in [6.07, 6.45) is -3.52. The lowest BCUT2D eigenvalue weighted by Gasteiger charge is -2.27. The van der Waals surface area contributed by atoms with E-state index in [9.17, 15) is 13.2 Å². The van der Waals surface area contributed by atoms with E-state index < -0.39 is 11.7 Å². The van der Waals surface area contributed by atoms with Crippen molar-refractivity contribution in [3.05, 3.63) is 35.4 Å². The van der Waals surface area contributed by atoms with Crippen molar-refractivity contribution in [3.8, 4) is 0 Å². The Morgan fingerprint density at radius 2 is 2.05 bits per heavy atom. The van der Waals surface area contributed by atoms with Gasteiger partial charge < -0.3 is 10.5 Å². The molecule has 0 saturated carbocycles. The van der Waals surface area contributed by atoms with Crippen molar-refractivity contribution < 1.29 is 17.9 Å². The number of ether oxygens (including phenoxy) is 1. The summed E-state index contributed by atoms with van der Waals surface area (Å²) in [5, 5.41) is 0. The summed E-state index contributed by atoms with van der Waals surface area (Å²) in [5.74, 6) is 0. The lowest BCUT2D eigenvalue weighted by atomic mass is 10.0. The molecule has 1 rings (SSSR count). The summed E-state index contributed by atoms with van der Waals surface area (Å²) in [5.41, 5.74) is 5.66. The number of halogens is 3. The van der Waals surface area contributed by atoms with Gasteiger partial charge in [-0.1, -0.05) is 12.1 Å². The summed E-state index contributed by atoms with van der Waals surface area (Å²) in [6.45, 7) is 1.60. The molecular weight excluding hydrogens is 269 g/mol. The van der Waals surface area contributed by atoms with Gasteiger partial charge in [0.25, 0.3) is 0 Å². The number of nitrogens with two attached hydrogens (primary N) is 1. The molecule has 0 aromatic heterocycles. The molecule has 3 nitrogen and oxygen atoms in total. The molecule has 0 saturated heterocycles. The van der Waals surface area contributed by atoms with Crippen LogP contribution in [0.5, 0.6) is 0 Å². The Kier molecular flexibility index (Phi) is 6.45. The van der Waals surface area contributed by atoms with Crippen LogP contribution in [0.25, 0.3) is 0 Å². The fourth-order valence-electron chi connectivity index (χ4n) is 2.11. The lowest BCUT2D eigenvalue weighted by Crippen LogP contribution is -2.32. The Balaban J connectivity index is 2.84. The van der Waals surface area contributed by atoms with Crippen LogP contribution in [0.1, 0.15) is 23.6 Å². The number of hydrogen-bond acceptors (Lipinski definition) is 3. The molecule has 0 aliphatic heterocycles. The predicted octanol–water partition coefficient (Wildman–Crippen LogP) is 2.67. The molecule has 6 heteroatoms. The maximum atomic E-state index is 12.7. The van der Waals surface area contributed by atoms with Gasteiger partial charge >= 0.3 is 6.18 Å². The molecule has 0 spiro atoms. The van der Waals surface area contributed by atoms with Gasteiger partial charge in [0.2, 0.25) is 0 Å². The predicted molar refractivity (Wildman–Crippen MR) is 72.4 cm³/mol. The number of hydrogen-bond donors (Lipinski definition) is 1. The largest absolute Gasteiger partial charge is 0.416 e. The van der Waals surface area contributed by atoms with E-state index in [1.807, 2.05) is 11.9 Å². The van der Waals surface area contributed by atoms with Crippen LogP contribution >= 0.6 is 0 Å². The van der Waals surface area contributed by atoms with Gasteiger partial charge in [-0.05, 0) is 31.2 Å². The van der Waals surface area contributed by atoms with Crippen LogP contribution in [0.4, 0.5) is 13.2 Å². The average Bonchev–Trinajstić information content (AvgIpc) is 2.39. The molecule has 0 radical (unpaired) electrons. The first-order valence-electron chi connectivity index (χ1n) is 6.46. The molecule has 0 aliphatic rings.